The molecular weight excluding hydrogens is 396 g/mol. The maximum atomic E-state index is 11.4. The molecule has 6 heteroatoms. The van der Waals surface area contributed by atoms with E-state index in [0.29, 0.717) is 16.4 Å². The second kappa shape index (κ2) is 13.0. The summed E-state index contributed by atoms with van der Waals surface area (Å²) in [7, 11) is 0. The van der Waals surface area contributed by atoms with Gasteiger partial charge in [0.05, 0.1) is 10.9 Å². The average Bonchev–Trinajstić information content (AvgIpc) is 2.69. The van der Waals surface area contributed by atoms with Crippen molar-refractivity contribution in [2.24, 2.45) is 5.41 Å². The van der Waals surface area contributed by atoms with Crippen LogP contribution >= 0.6 is 0 Å². The number of hydrogen-bond donors (Lipinski definition) is 2. The summed E-state index contributed by atoms with van der Waals surface area (Å²) in [6.45, 7) is 14.2. The number of hydrogen-bond acceptors (Lipinski definition) is 5. The quantitative estimate of drug-likeness (QED) is 0.473. The Labute approximate surface area is 183 Å². The van der Waals surface area contributed by atoms with Gasteiger partial charge < -0.3 is 14.6 Å². The number of carbonyl (C=O) groups excluding carboxylic acids is 1. The molecule has 0 saturated carbocycles. The number of ketones is 1. The number of benzene rings is 2. The number of phenolic OH excluding ortho intramolecular Hbond substituents is 1. The van der Waals surface area contributed by atoms with Crippen LogP contribution in [0.2, 0.25) is 0 Å². The lowest BCUT2D eigenvalue weighted by atomic mass is 10.0. The first-order chi connectivity index (χ1) is 14.4. The number of rotatable bonds is 2. The molecule has 0 atom stereocenters. The maximum Gasteiger partial charge on any atom is 0.371 e. The summed E-state index contributed by atoms with van der Waals surface area (Å²) in [5.41, 5.74) is 0.823. The molecule has 1 heterocycles. The topological polar surface area (TPSA) is 105 Å². The van der Waals surface area contributed by atoms with Crippen LogP contribution in [0.4, 0.5) is 0 Å². The van der Waals surface area contributed by atoms with Crippen molar-refractivity contribution in [2.45, 2.75) is 48.5 Å². The van der Waals surface area contributed by atoms with Crippen molar-refractivity contribution in [2.75, 3.05) is 0 Å². The number of carbonyl (C=O) groups is 2. The van der Waals surface area contributed by atoms with Crippen molar-refractivity contribution < 1.29 is 24.2 Å². The van der Waals surface area contributed by atoms with Gasteiger partial charge in [0.1, 0.15) is 11.3 Å². The van der Waals surface area contributed by atoms with Crippen molar-refractivity contribution in [3.63, 3.8) is 0 Å². The molecule has 0 aliphatic rings. The van der Waals surface area contributed by atoms with Crippen LogP contribution in [-0.4, -0.2) is 22.0 Å². The third-order valence-electron chi connectivity index (χ3n) is 3.13. The molecule has 0 radical (unpaired) electrons. The minimum absolute atomic E-state index is 0.0509. The monoisotopic (exact) mass is 428 g/mol. The Hall–Kier alpha value is -3.41. The Kier molecular flexibility index (Phi) is 11.6. The van der Waals surface area contributed by atoms with Gasteiger partial charge in [-0.3, -0.25) is 9.59 Å². The number of fused-ring (bicyclic) bond motifs is 1. The third kappa shape index (κ3) is 10.8. The molecular formula is C25H32O6. The number of carboxylic acids is 1. The van der Waals surface area contributed by atoms with Gasteiger partial charge >= 0.3 is 5.97 Å². The molecule has 31 heavy (non-hydrogen) atoms. The third-order valence-corrected chi connectivity index (χ3v) is 3.13. The van der Waals surface area contributed by atoms with Crippen molar-refractivity contribution >= 4 is 22.7 Å². The van der Waals surface area contributed by atoms with Crippen molar-refractivity contribution in [1.29, 1.82) is 0 Å². The van der Waals surface area contributed by atoms with E-state index in [2.05, 4.69) is 27.7 Å². The molecule has 2 N–H and O–H groups in total. The largest absolute Gasteiger partial charge is 0.507 e. The average molecular weight is 429 g/mol. The molecule has 168 valence electrons. The maximum absolute atomic E-state index is 11.4. The van der Waals surface area contributed by atoms with Gasteiger partial charge in [0.25, 0.3) is 0 Å². The van der Waals surface area contributed by atoms with Gasteiger partial charge in [0.15, 0.2) is 11.2 Å². The second-order valence-electron chi connectivity index (χ2n) is 7.85. The highest BCUT2D eigenvalue weighted by Crippen LogP contribution is 2.15. The number of Topliss-reactive ketones (excluding diaryl/α,β-unsaturated/α-hetero) is 1. The number of carboxylic acid groups (broad SMARTS) is 1. The van der Waals surface area contributed by atoms with E-state index in [4.69, 9.17) is 14.6 Å². The zero-order valence-corrected chi connectivity index (χ0v) is 19.2. The molecule has 3 rings (SSSR count). The first-order valence-electron chi connectivity index (χ1n) is 9.95. The van der Waals surface area contributed by atoms with Crippen LogP contribution in [0, 0.1) is 5.41 Å². The Morgan fingerprint density at radius 1 is 0.903 bits per heavy atom. The van der Waals surface area contributed by atoms with Gasteiger partial charge in [0.2, 0.25) is 5.76 Å². The zero-order valence-electron chi connectivity index (χ0n) is 19.2. The molecule has 1 aromatic heterocycles. The van der Waals surface area contributed by atoms with Crippen LogP contribution in [-0.2, 0) is 0 Å². The highest BCUT2D eigenvalue weighted by Gasteiger charge is 2.09. The van der Waals surface area contributed by atoms with Gasteiger partial charge in [0, 0.05) is 6.07 Å². The Bertz CT molecular complexity index is 1040. The van der Waals surface area contributed by atoms with Crippen LogP contribution in [0.1, 0.15) is 69.4 Å². The molecule has 0 fully saturated rings. The second-order valence-corrected chi connectivity index (χ2v) is 7.85. The summed E-state index contributed by atoms with van der Waals surface area (Å²) in [6, 6.07) is 14.0. The Morgan fingerprint density at radius 2 is 1.39 bits per heavy atom. The SMILES string of the molecule is CC.CC(=O)c1ccccc1O.CC(C)(C)C.O=C(O)c1cc(=O)c2ccccc2o1. The molecule has 0 unspecified atom stereocenters. The van der Waals surface area contributed by atoms with E-state index >= 15 is 0 Å². The van der Waals surface area contributed by atoms with Crippen molar-refractivity contribution in [3.8, 4) is 5.75 Å². The first-order valence-corrected chi connectivity index (χ1v) is 9.95. The molecule has 2 aromatic carbocycles. The smallest absolute Gasteiger partial charge is 0.371 e. The van der Waals surface area contributed by atoms with Gasteiger partial charge in [-0.05, 0) is 36.6 Å². The van der Waals surface area contributed by atoms with Crippen LogP contribution in [0.25, 0.3) is 11.0 Å². The standard InChI is InChI=1S/C10H6O4.C8H8O2.C5H12.C2H6/c11-7-5-9(10(12)13)14-8-4-2-1-3-6(7)8;1-6(9)7-4-2-3-5-8(7)10;1-5(2,3)4;1-2/h1-5H,(H,12,13);2-5,10H,1H3;1-4H3;1-2H3. The van der Waals surface area contributed by atoms with E-state index in [-0.39, 0.29) is 28.3 Å². The number of aromatic hydroxyl groups is 1. The molecule has 0 amide bonds. The van der Waals surface area contributed by atoms with Crippen molar-refractivity contribution in [1.82, 2.24) is 0 Å². The van der Waals surface area contributed by atoms with Gasteiger partial charge in [-0.25, -0.2) is 4.79 Å². The fourth-order valence-corrected chi connectivity index (χ4v) is 1.98. The molecule has 0 bridgehead atoms. The van der Waals surface area contributed by atoms with Gasteiger partial charge in [-0.15, -0.1) is 0 Å². The summed E-state index contributed by atoms with van der Waals surface area (Å²) >= 11 is 0. The molecule has 0 aliphatic carbocycles. The lowest BCUT2D eigenvalue weighted by Crippen LogP contribution is -2.05. The summed E-state index contributed by atoms with van der Waals surface area (Å²) in [5, 5.41) is 18.1. The number of phenols is 1. The van der Waals surface area contributed by atoms with Crippen LogP contribution in [0.3, 0.4) is 0 Å². The highest BCUT2D eigenvalue weighted by molar-refractivity contribution is 5.96. The van der Waals surface area contributed by atoms with E-state index < -0.39 is 5.97 Å². The number of para-hydroxylation sites is 2. The van der Waals surface area contributed by atoms with E-state index in [9.17, 15) is 14.4 Å². The molecule has 0 spiro atoms. The molecule has 0 saturated heterocycles. The summed E-state index contributed by atoms with van der Waals surface area (Å²) in [6.07, 6.45) is 0. The fraction of sp³-hybridized carbons (Fsp3) is 0.320. The molecule has 0 aliphatic heterocycles. The Balaban J connectivity index is 0.000000464. The summed E-state index contributed by atoms with van der Waals surface area (Å²) in [4.78, 5) is 32.7. The predicted octanol–water partition coefficient (Wildman–Crippen LogP) is 6.16. The normalized spacial score (nSPS) is 9.77. The van der Waals surface area contributed by atoms with Crippen LogP contribution in [0.5, 0.6) is 5.75 Å². The number of aromatic carboxylic acids is 1. The summed E-state index contributed by atoms with van der Waals surface area (Å²) < 4.78 is 5.00. The molecule has 3 aromatic rings. The van der Waals surface area contributed by atoms with Gasteiger partial charge in [-0.1, -0.05) is 65.8 Å². The minimum atomic E-state index is -1.24. The van der Waals surface area contributed by atoms with Crippen molar-refractivity contribution in [3.05, 3.63) is 76.1 Å². The summed E-state index contributed by atoms with van der Waals surface area (Å²) in [5.74, 6) is -1.64. The fourth-order valence-electron chi connectivity index (χ4n) is 1.98. The van der Waals surface area contributed by atoms with E-state index in [1.165, 1.54) is 13.0 Å². The van der Waals surface area contributed by atoms with E-state index in [1.54, 1.807) is 42.5 Å². The highest BCUT2D eigenvalue weighted by atomic mass is 16.4. The predicted molar refractivity (Wildman–Crippen MR) is 124 cm³/mol. The van der Waals surface area contributed by atoms with Crippen LogP contribution < -0.4 is 5.43 Å². The minimum Gasteiger partial charge on any atom is -0.507 e. The van der Waals surface area contributed by atoms with E-state index in [0.717, 1.165) is 6.07 Å². The zero-order chi connectivity index (χ0) is 24.2. The lowest BCUT2D eigenvalue weighted by Gasteiger charge is -2.05. The van der Waals surface area contributed by atoms with E-state index in [1.807, 2.05) is 13.8 Å². The first kappa shape index (κ1) is 27.6. The van der Waals surface area contributed by atoms with Crippen LogP contribution in [0.15, 0.2) is 63.8 Å². The lowest BCUT2D eigenvalue weighted by molar-refractivity contribution is 0.0662. The molecule has 6 nitrogen and oxygen atoms in total. The Morgan fingerprint density at radius 3 is 1.84 bits per heavy atom. The van der Waals surface area contributed by atoms with Gasteiger partial charge in [-0.2, -0.15) is 0 Å².